The van der Waals surface area contributed by atoms with Gasteiger partial charge >= 0.3 is 0 Å². The molecule has 1 heteroatoms. The Morgan fingerprint density at radius 2 is 2.09 bits per heavy atom. The Balaban J connectivity index is 2.65. The molecule has 1 heterocycles. The number of allylic oxidation sites excluding steroid dienone is 1. The number of ether oxygens (including phenoxy) is 1. The largest absolute Gasteiger partial charge is 0.374 e. The first-order chi connectivity index (χ1) is 4.99. The fourth-order valence-electron chi connectivity index (χ4n) is 1.41. The highest BCUT2D eigenvalue weighted by Crippen LogP contribution is 2.25. The Morgan fingerprint density at radius 3 is 2.45 bits per heavy atom. The van der Waals surface area contributed by atoms with Gasteiger partial charge in [0, 0.05) is 0 Å². The van der Waals surface area contributed by atoms with E-state index in [4.69, 9.17) is 4.74 Å². The number of hydrogen-bond acceptors (Lipinski definition) is 1. The quantitative estimate of drug-likeness (QED) is 0.487. The van der Waals surface area contributed by atoms with Gasteiger partial charge in [-0.05, 0) is 24.3 Å². The van der Waals surface area contributed by atoms with E-state index in [2.05, 4.69) is 33.8 Å². The van der Waals surface area contributed by atoms with Gasteiger partial charge in [-0.3, -0.25) is 0 Å². The van der Waals surface area contributed by atoms with Crippen LogP contribution in [0.4, 0.5) is 0 Å². The van der Waals surface area contributed by atoms with Crippen molar-refractivity contribution >= 4 is 0 Å². The highest BCUT2D eigenvalue weighted by Gasteiger charge is 2.19. The molecule has 0 aliphatic carbocycles. The second-order valence-electron chi connectivity index (χ2n) is 4.35. The van der Waals surface area contributed by atoms with E-state index in [0.717, 1.165) is 13.0 Å². The molecular formula is C10H18O. The summed E-state index contributed by atoms with van der Waals surface area (Å²) in [5.74, 6) is 0. The maximum absolute atomic E-state index is 5.44. The van der Waals surface area contributed by atoms with Gasteiger partial charge < -0.3 is 4.74 Å². The van der Waals surface area contributed by atoms with E-state index in [1.165, 1.54) is 5.57 Å². The van der Waals surface area contributed by atoms with Crippen molar-refractivity contribution < 1.29 is 4.74 Å². The molecule has 0 aromatic carbocycles. The van der Waals surface area contributed by atoms with Crippen LogP contribution in [-0.2, 0) is 4.74 Å². The summed E-state index contributed by atoms with van der Waals surface area (Å²) in [6, 6.07) is 0. The second kappa shape index (κ2) is 2.98. The molecule has 0 aromatic heterocycles. The third-order valence-electron chi connectivity index (χ3n) is 1.90. The van der Waals surface area contributed by atoms with Crippen molar-refractivity contribution in [3.63, 3.8) is 0 Å². The lowest BCUT2D eigenvalue weighted by Gasteiger charge is -2.15. The summed E-state index contributed by atoms with van der Waals surface area (Å²) in [6.45, 7) is 9.72. The first-order valence-electron chi connectivity index (χ1n) is 4.32. The van der Waals surface area contributed by atoms with Crippen LogP contribution in [-0.4, -0.2) is 12.7 Å². The summed E-state index contributed by atoms with van der Waals surface area (Å²) < 4.78 is 5.44. The highest BCUT2D eigenvalue weighted by atomic mass is 16.5. The second-order valence-corrected chi connectivity index (χ2v) is 4.35. The summed E-state index contributed by atoms with van der Waals surface area (Å²) in [4.78, 5) is 0. The van der Waals surface area contributed by atoms with Crippen LogP contribution in [0.3, 0.4) is 0 Å². The van der Waals surface area contributed by atoms with Crippen LogP contribution in [0.5, 0.6) is 0 Å². The van der Waals surface area contributed by atoms with Gasteiger partial charge in [-0.15, -0.1) is 0 Å². The number of hydrogen-bond donors (Lipinski definition) is 0. The topological polar surface area (TPSA) is 9.23 Å². The molecule has 0 aromatic rings. The maximum Gasteiger partial charge on any atom is 0.0758 e. The molecule has 1 nitrogen and oxygen atoms in total. The van der Waals surface area contributed by atoms with Crippen molar-refractivity contribution in [2.24, 2.45) is 5.41 Å². The molecule has 11 heavy (non-hydrogen) atoms. The van der Waals surface area contributed by atoms with Gasteiger partial charge in [0.05, 0.1) is 12.7 Å². The maximum atomic E-state index is 5.44. The zero-order chi connectivity index (χ0) is 8.48. The summed E-state index contributed by atoms with van der Waals surface area (Å²) >= 11 is 0. The minimum Gasteiger partial charge on any atom is -0.374 e. The minimum atomic E-state index is 0.303. The van der Waals surface area contributed by atoms with Crippen molar-refractivity contribution in [1.29, 1.82) is 0 Å². The first-order valence-corrected chi connectivity index (χ1v) is 4.32. The molecule has 64 valence electrons. The van der Waals surface area contributed by atoms with Crippen LogP contribution < -0.4 is 0 Å². The Morgan fingerprint density at radius 1 is 1.45 bits per heavy atom. The molecule has 1 fully saturated rings. The van der Waals surface area contributed by atoms with Crippen LogP contribution in [0.1, 0.15) is 34.1 Å². The lowest BCUT2D eigenvalue weighted by molar-refractivity contribution is 0.137. The molecule has 0 amide bonds. The zero-order valence-corrected chi connectivity index (χ0v) is 7.98. The van der Waals surface area contributed by atoms with Crippen LogP contribution in [0, 0.1) is 5.41 Å². The molecule has 1 atom stereocenters. The van der Waals surface area contributed by atoms with Gasteiger partial charge in [-0.25, -0.2) is 0 Å². The smallest absolute Gasteiger partial charge is 0.0758 e. The summed E-state index contributed by atoms with van der Waals surface area (Å²) in [5.41, 5.74) is 1.77. The highest BCUT2D eigenvalue weighted by molar-refractivity contribution is 5.13. The van der Waals surface area contributed by atoms with Gasteiger partial charge in [0.1, 0.15) is 0 Å². The average molecular weight is 154 g/mol. The SMILES string of the molecule is CC1OCC/C1=C/C(C)(C)C. The van der Waals surface area contributed by atoms with Gasteiger partial charge in [0.15, 0.2) is 0 Å². The summed E-state index contributed by atoms with van der Waals surface area (Å²) in [7, 11) is 0. The Bertz CT molecular complexity index is 162. The third-order valence-corrected chi connectivity index (χ3v) is 1.90. The predicted molar refractivity (Wildman–Crippen MR) is 47.6 cm³/mol. The fourth-order valence-corrected chi connectivity index (χ4v) is 1.41. The Hall–Kier alpha value is -0.300. The first kappa shape index (κ1) is 8.79. The van der Waals surface area contributed by atoms with E-state index >= 15 is 0 Å². The van der Waals surface area contributed by atoms with E-state index in [9.17, 15) is 0 Å². The van der Waals surface area contributed by atoms with E-state index in [-0.39, 0.29) is 0 Å². The molecule has 0 bridgehead atoms. The van der Waals surface area contributed by atoms with Gasteiger partial charge in [-0.1, -0.05) is 26.8 Å². The van der Waals surface area contributed by atoms with Crippen LogP contribution in [0.15, 0.2) is 11.6 Å². The standard InChI is InChI=1S/C10H18O/c1-8-9(5-6-11-8)7-10(2,3)4/h7-8H,5-6H2,1-4H3/b9-7-. The fraction of sp³-hybridized carbons (Fsp3) is 0.800. The van der Waals surface area contributed by atoms with Crippen LogP contribution in [0.25, 0.3) is 0 Å². The zero-order valence-electron chi connectivity index (χ0n) is 7.98. The molecule has 1 unspecified atom stereocenters. The van der Waals surface area contributed by atoms with Crippen LogP contribution >= 0.6 is 0 Å². The molecule has 1 aliphatic heterocycles. The molecule has 0 N–H and O–H groups in total. The monoisotopic (exact) mass is 154 g/mol. The molecule has 1 saturated heterocycles. The molecular weight excluding hydrogens is 136 g/mol. The van der Waals surface area contributed by atoms with Crippen LogP contribution in [0.2, 0.25) is 0 Å². The third kappa shape index (κ3) is 2.66. The average Bonchev–Trinajstić information content (AvgIpc) is 2.12. The molecule has 1 aliphatic rings. The predicted octanol–water partition coefficient (Wildman–Crippen LogP) is 2.77. The van der Waals surface area contributed by atoms with Gasteiger partial charge in [-0.2, -0.15) is 0 Å². The van der Waals surface area contributed by atoms with Crippen molar-refractivity contribution in [3.05, 3.63) is 11.6 Å². The molecule has 1 rings (SSSR count). The van der Waals surface area contributed by atoms with E-state index in [1.807, 2.05) is 0 Å². The number of rotatable bonds is 0. The van der Waals surface area contributed by atoms with Crippen molar-refractivity contribution in [2.45, 2.75) is 40.2 Å². The molecule has 0 spiro atoms. The Labute approximate surface area is 69.4 Å². The van der Waals surface area contributed by atoms with E-state index < -0.39 is 0 Å². The van der Waals surface area contributed by atoms with Crippen molar-refractivity contribution in [2.75, 3.05) is 6.61 Å². The van der Waals surface area contributed by atoms with E-state index in [1.54, 1.807) is 0 Å². The molecule has 0 saturated carbocycles. The van der Waals surface area contributed by atoms with Gasteiger partial charge in [0.2, 0.25) is 0 Å². The summed E-state index contributed by atoms with van der Waals surface area (Å²) in [6.07, 6.45) is 3.82. The lowest BCUT2D eigenvalue weighted by atomic mass is 9.92. The normalized spacial score (nSPS) is 29.8. The van der Waals surface area contributed by atoms with Crippen molar-refractivity contribution in [3.8, 4) is 0 Å². The van der Waals surface area contributed by atoms with Crippen molar-refractivity contribution in [1.82, 2.24) is 0 Å². The van der Waals surface area contributed by atoms with Gasteiger partial charge in [0.25, 0.3) is 0 Å². The summed E-state index contributed by atoms with van der Waals surface area (Å²) in [5, 5.41) is 0. The molecule has 0 radical (unpaired) electrons. The Kier molecular flexibility index (Phi) is 2.38. The van der Waals surface area contributed by atoms with E-state index in [0.29, 0.717) is 11.5 Å². The lowest BCUT2D eigenvalue weighted by Crippen LogP contribution is -2.06. The minimum absolute atomic E-state index is 0.303.